The summed E-state index contributed by atoms with van der Waals surface area (Å²) in [6.45, 7) is 4.42. The van der Waals surface area contributed by atoms with Crippen LogP contribution in [0.25, 0.3) is 0 Å². The van der Waals surface area contributed by atoms with Gasteiger partial charge in [0.15, 0.2) is 0 Å². The molecule has 2 aromatic carbocycles. The Morgan fingerprint density at radius 2 is 1.90 bits per heavy atom. The van der Waals surface area contributed by atoms with Crippen molar-refractivity contribution in [3.05, 3.63) is 69.2 Å². The molecule has 0 radical (unpaired) electrons. The normalized spacial score (nSPS) is 12.4. The standard InChI is InChI=1S/C16H16BrF2N/c1-3-20-16(11-6-10(2)7-13(18)8-11)14-9-12(17)4-5-15(14)19/h4-9,16,20H,3H2,1-2H3. The fraction of sp³-hybridized carbons (Fsp3) is 0.250. The third-order valence-corrected chi connectivity index (χ3v) is 3.57. The molecule has 4 heteroatoms. The monoisotopic (exact) mass is 339 g/mol. The predicted octanol–water partition coefficient (Wildman–Crippen LogP) is 4.73. The number of aryl methyl sites for hydroxylation is 1. The summed E-state index contributed by atoms with van der Waals surface area (Å²) in [5.41, 5.74) is 2.05. The molecule has 0 aliphatic carbocycles. The molecule has 20 heavy (non-hydrogen) atoms. The molecule has 1 N–H and O–H groups in total. The molecule has 0 saturated carbocycles. The topological polar surface area (TPSA) is 12.0 Å². The van der Waals surface area contributed by atoms with E-state index in [1.54, 1.807) is 12.1 Å². The summed E-state index contributed by atoms with van der Waals surface area (Å²) in [6.07, 6.45) is 0. The fourth-order valence-corrected chi connectivity index (χ4v) is 2.66. The predicted molar refractivity (Wildman–Crippen MR) is 80.8 cm³/mol. The lowest BCUT2D eigenvalue weighted by molar-refractivity contribution is 0.554. The van der Waals surface area contributed by atoms with Gasteiger partial charge in [0.05, 0.1) is 6.04 Å². The highest BCUT2D eigenvalue weighted by Crippen LogP contribution is 2.28. The zero-order valence-electron chi connectivity index (χ0n) is 11.4. The lowest BCUT2D eigenvalue weighted by Crippen LogP contribution is -2.23. The minimum Gasteiger partial charge on any atom is -0.306 e. The Kier molecular flexibility index (Phi) is 4.89. The van der Waals surface area contributed by atoms with Crippen LogP contribution in [0.4, 0.5) is 8.78 Å². The van der Waals surface area contributed by atoms with Crippen LogP contribution in [0.5, 0.6) is 0 Å². The lowest BCUT2D eigenvalue weighted by atomic mass is 9.96. The second-order valence-corrected chi connectivity index (χ2v) is 5.63. The first kappa shape index (κ1) is 15.1. The Hall–Kier alpha value is -1.26. The van der Waals surface area contributed by atoms with Gasteiger partial charge in [-0.05, 0) is 54.9 Å². The highest BCUT2D eigenvalue weighted by atomic mass is 79.9. The second kappa shape index (κ2) is 6.46. The molecule has 0 spiro atoms. The maximum Gasteiger partial charge on any atom is 0.128 e. The van der Waals surface area contributed by atoms with E-state index in [1.807, 2.05) is 19.9 Å². The minimum atomic E-state index is -0.369. The summed E-state index contributed by atoms with van der Waals surface area (Å²) in [4.78, 5) is 0. The Morgan fingerprint density at radius 1 is 1.15 bits per heavy atom. The average molecular weight is 340 g/mol. The minimum absolute atomic E-state index is 0.305. The van der Waals surface area contributed by atoms with Crippen molar-refractivity contribution in [1.82, 2.24) is 5.32 Å². The molecule has 0 fully saturated rings. The molecule has 1 unspecified atom stereocenters. The van der Waals surface area contributed by atoms with Crippen LogP contribution in [0.1, 0.15) is 29.7 Å². The van der Waals surface area contributed by atoms with E-state index in [2.05, 4.69) is 21.2 Å². The number of hydrogen-bond donors (Lipinski definition) is 1. The van der Waals surface area contributed by atoms with Crippen molar-refractivity contribution in [3.8, 4) is 0 Å². The van der Waals surface area contributed by atoms with Crippen LogP contribution in [0, 0.1) is 18.6 Å². The first-order valence-electron chi connectivity index (χ1n) is 6.46. The van der Waals surface area contributed by atoms with Crippen molar-refractivity contribution in [2.24, 2.45) is 0 Å². The molecule has 2 rings (SSSR count). The zero-order chi connectivity index (χ0) is 14.7. The van der Waals surface area contributed by atoms with E-state index in [4.69, 9.17) is 0 Å². The second-order valence-electron chi connectivity index (χ2n) is 4.72. The molecule has 1 nitrogen and oxygen atoms in total. The van der Waals surface area contributed by atoms with Gasteiger partial charge in [-0.1, -0.05) is 28.9 Å². The smallest absolute Gasteiger partial charge is 0.128 e. The zero-order valence-corrected chi connectivity index (χ0v) is 13.0. The molecule has 0 amide bonds. The van der Waals surface area contributed by atoms with Crippen LogP contribution < -0.4 is 5.32 Å². The van der Waals surface area contributed by atoms with E-state index in [-0.39, 0.29) is 17.7 Å². The van der Waals surface area contributed by atoms with E-state index in [0.717, 1.165) is 15.6 Å². The summed E-state index contributed by atoms with van der Waals surface area (Å²) < 4.78 is 28.5. The molecule has 2 aromatic rings. The molecule has 0 aromatic heterocycles. The number of halogens is 3. The average Bonchev–Trinajstić information content (AvgIpc) is 2.38. The van der Waals surface area contributed by atoms with Gasteiger partial charge in [-0.3, -0.25) is 0 Å². The van der Waals surface area contributed by atoms with Gasteiger partial charge in [0.2, 0.25) is 0 Å². The maximum absolute atomic E-state index is 14.1. The van der Waals surface area contributed by atoms with E-state index in [9.17, 15) is 8.78 Å². The van der Waals surface area contributed by atoms with Gasteiger partial charge in [0, 0.05) is 10.0 Å². The van der Waals surface area contributed by atoms with Crippen molar-refractivity contribution in [2.75, 3.05) is 6.54 Å². The molecule has 106 valence electrons. The Bertz CT molecular complexity index is 593. The quantitative estimate of drug-likeness (QED) is 0.848. The first-order valence-corrected chi connectivity index (χ1v) is 7.26. The number of hydrogen-bond acceptors (Lipinski definition) is 1. The Labute approximate surface area is 126 Å². The number of nitrogens with one attached hydrogen (secondary N) is 1. The van der Waals surface area contributed by atoms with Gasteiger partial charge in [0.1, 0.15) is 11.6 Å². The summed E-state index contributed by atoms with van der Waals surface area (Å²) in [7, 11) is 0. The van der Waals surface area contributed by atoms with E-state index in [1.165, 1.54) is 18.2 Å². The Balaban J connectivity index is 2.52. The van der Waals surface area contributed by atoms with E-state index >= 15 is 0 Å². The van der Waals surface area contributed by atoms with Crippen LogP contribution in [0.3, 0.4) is 0 Å². The summed E-state index contributed by atoms with van der Waals surface area (Å²) in [5.74, 6) is -0.612. The van der Waals surface area contributed by atoms with Crippen molar-refractivity contribution in [1.29, 1.82) is 0 Å². The molecule has 0 saturated heterocycles. The molecule has 0 heterocycles. The Morgan fingerprint density at radius 3 is 2.55 bits per heavy atom. The lowest BCUT2D eigenvalue weighted by Gasteiger charge is -2.20. The van der Waals surface area contributed by atoms with Crippen LogP contribution in [-0.2, 0) is 0 Å². The molecular weight excluding hydrogens is 324 g/mol. The third-order valence-electron chi connectivity index (χ3n) is 3.08. The molecule has 1 atom stereocenters. The highest BCUT2D eigenvalue weighted by molar-refractivity contribution is 9.10. The van der Waals surface area contributed by atoms with Gasteiger partial charge in [-0.2, -0.15) is 0 Å². The highest BCUT2D eigenvalue weighted by Gasteiger charge is 2.18. The summed E-state index contributed by atoms with van der Waals surface area (Å²) in [6, 6.07) is 9.20. The fourth-order valence-electron chi connectivity index (χ4n) is 2.28. The van der Waals surface area contributed by atoms with Gasteiger partial charge in [0.25, 0.3) is 0 Å². The summed E-state index contributed by atoms with van der Waals surface area (Å²) >= 11 is 3.35. The van der Waals surface area contributed by atoms with Crippen molar-refractivity contribution in [2.45, 2.75) is 19.9 Å². The maximum atomic E-state index is 14.1. The van der Waals surface area contributed by atoms with Gasteiger partial charge in [-0.15, -0.1) is 0 Å². The number of benzene rings is 2. The van der Waals surface area contributed by atoms with Crippen LogP contribution in [0.2, 0.25) is 0 Å². The molecule has 0 bridgehead atoms. The SMILES string of the molecule is CCNC(c1cc(C)cc(F)c1)c1cc(Br)ccc1F. The summed E-state index contributed by atoms with van der Waals surface area (Å²) in [5, 5.41) is 3.21. The van der Waals surface area contributed by atoms with Crippen LogP contribution >= 0.6 is 15.9 Å². The van der Waals surface area contributed by atoms with E-state index < -0.39 is 0 Å². The molecule has 0 aliphatic heterocycles. The largest absolute Gasteiger partial charge is 0.306 e. The molecular formula is C16H16BrF2N. The molecule has 0 aliphatic rings. The van der Waals surface area contributed by atoms with Crippen molar-refractivity contribution >= 4 is 15.9 Å². The van der Waals surface area contributed by atoms with Gasteiger partial charge < -0.3 is 5.32 Å². The number of rotatable bonds is 4. The third kappa shape index (κ3) is 3.44. The van der Waals surface area contributed by atoms with Crippen LogP contribution in [-0.4, -0.2) is 6.54 Å². The first-order chi connectivity index (χ1) is 9.51. The van der Waals surface area contributed by atoms with E-state index in [0.29, 0.717) is 12.1 Å². The van der Waals surface area contributed by atoms with Gasteiger partial charge in [-0.25, -0.2) is 8.78 Å². The van der Waals surface area contributed by atoms with Gasteiger partial charge >= 0.3 is 0 Å². The van der Waals surface area contributed by atoms with Crippen molar-refractivity contribution < 1.29 is 8.78 Å². The van der Waals surface area contributed by atoms with Crippen molar-refractivity contribution in [3.63, 3.8) is 0 Å². The van der Waals surface area contributed by atoms with Crippen LogP contribution in [0.15, 0.2) is 40.9 Å².